The molecule has 2 heterocycles. The molecule has 9 heteroatoms. The van der Waals surface area contributed by atoms with E-state index in [4.69, 9.17) is 0 Å². The van der Waals surface area contributed by atoms with Crippen LogP contribution in [-0.4, -0.2) is 24.3 Å². The Bertz CT molecular complexity index is 1030. The van der Waals surface area contributed by atoms with Gasteiger partial charge >= 0.3 is 0 Å². The van der Waals surface area contributed by atoms with Gasteiger partial charge in [-0.3, -0.25) is 15.1 Å². The van der Waals surface area contributed by atoms with Gasteiger partial charge in [-0.15, -0.1) is 0 Å². The van der Waals surface area contributed by atoms with Crippen molar-refractivity contribution >= 4 is 32.2 Å². The lowest BCUT2D eigenvalue weighted by Crippen LogP contribution is -2.13. The number of halogens is 1. The molecule has 0 saturated heterocycles. The average Bonchev–Trinajstić information content (AvgIpc) is 2.99. The number of nitrogens with one attached hydrogen (secondary N) is 1. The molecule has 0 aliphatic heterocycles. The molecule has 0 aliphatic carbocycles. The Morgan fingerprint density at radius 2 is 1.92 bits per heavy atom. The average molecular weight is 391 g/mol. The van der Waals surface area contributed by atoms with E-state index in [2.05, 4.69) is 15.3 Å². The molecule has 3 rings (SSSR count). The summed E-state index contributed by atoms with van der Waals surface area (Å²) in [6, 6.07) is 10.2. The van der Waals surface area contributed by atoms with Crippen LogP contribution >= 0.6 is 11.3 Å². The maximum atomic E-state index is 13.0. The van der Waals surface area contributed by atoms with Crippen LogP contribution in [0.5, 0.6) is 0 Å². The van der Waals surface area contributed by atoms with Crippen LogP contribution < -0.4 is 5.32 Å². The number of hydrogen-bond acceptors (Lipinski definition) is 6. The Hall–Kier alpha value is -2.65. The summed E-state index contributed by atoms with van der Waals surface area (Å²) >= 11 is 0.879. The summed E-state index contributed by atoms with van der Waals surface area (Å²) in [5, 5.41) is 2.73. The van der Waals surface area contributed by atoms with Crippen molar-refractivity contribution in [3.8, 4) is 0 Å². The first kappa shape index (κ1) is 18.2. The van der Waals surface area contributed by atoms with E-state index < -0.39 is 21.6 Å². The zero-order valence-corrected chi connectivity index (χ0v) is 15.3. The lowest BCUT2D eigenvalue weighted by molar-refractivity contribution is 0.102. The summed E-state index contributed by atoms with van der Waals surface area (Å²) in [6.07, 6.45) is 1.49. The molecule has 0 atom stereocenters. The highest BCUT2D eigenvalue weighted by Crippen LogP contribution is 2.30. The molecule has 134 valence electrons. The van der Waals surface area contributed by atoms with Crippen molar-refractivity contribution in [3.63, 3.8) is 0 Å². The number of nitrogens with zero attached hydrogens (tertiary/aromatic N) is 2. The SMILES string of the molecule is Cc1nc(NC(=O)c2ccccn2)sc1S(=O)(=O)Cc1ccc(F)cc1. The molecule has 1 aromatic carbocycles. The van der Waals surface area contributed by atoms with Gasteiger partial charge in [-0.05, 0) is 36.8 Å². The van der Waals surface area contributed by atoms with Gasteiger partial charge in [-0.1, -0.05) is 29.5 Å². The minimum absolute atomic E-state index is 0.0677. The number of sulfone groups is 1. The number of carbonyl (C=O) groups excluding carboxylic acids is 1. The van der Waals surface area contributed by atoms with Gasteiger partial charge in [-0.25, -0.2) is 17.8 Å². The summed E-state index contributed by atoms with van der Waals surface area (Å²) < 4.78 is 38.3. The third kappa shape index (κ3) is 4.12. The van der Waals surface area contributed by atoms with E-state index in [-0.39, 0.29) is 20.8 Å². The molecular formula is C17H14FN3O3S2. The molecule has 6 nitrogen and oxygen atoms in total. The Morgan fingerprint density at radius 1 is 1.19 bits per heavy atom. The van der Waals surface area contributed by atoms with Crippen molar-refractivity contribution in [3.05, 3.63) is 71.4 Å². The van der Waals surface area contributed by atoms with Gasteiger partial charge in [0.15, 0.2) is 15.0 Å². The second-order valence-electron chi connectivity index (χ2n) is 5.45. The van der Waals surface area contributed by atoms with Crippen molar-refractivity contribution in [1.82, 2.24) is 9.97 Å². The Balaban J connectivity index is 1.80. The number of thiazole rings is 1. The predicted molar refractivity (Wildman–Crippen MR) is 96.3 cm³/mol. The van der Waals surface area contributed by atoms with Gasteiger partial charge in [0.2, 0.25) is 0 Å². The predicted octanol–water partition coefficient (Wildman–Crippen LogP) is 3.21. The van der Waals surface area contributed by atoms with Gasteiger partial charge in [0.05, 0.1) is 11.4 Å². The van der Waals surface area contributed by atoms with Gasteiger partial charge in [0.1, 0.15) is 15.7 Å². The first-order chi connectivity index (χ1) is 12.3. The number of benzene rings is 1. The van der Waals surface area contributed by atoms with Gasteiger partial charge in [-0.2, -0.15) is 0 Å². The molecule has 3 aromatic rings. The highest BCUT2D eigenvalue weighted by molar-refractivity contribution is 7.92. The Kier molecular flexibility index (Phi) is 5.10. The van der Waals surface area contributed by atoms with Crippen molar-refractivity contribution in [2.45, 2.75) is 16.9 Å². The summed E-state index contributed by atoms with van der Waals surface area (Å²) in [7, 11) is -3.67. The van der Waals surface area contributed by atoms with E-state index in [1.807, 2.05) is 0 Å². The third-order valence-electron chi connectivity index (χ3n) is 3.42. The van der Waals surface area contributed by atoms with Gasteiger partial charge in [0, 0.05) is 6.20 Å². The van der Waals surface area contributed by atoms with E-state index in [1.165, 1.54) is 30.5 Å². The smallest absolute Gasteiger partial charge is 0.276 e. The van der Waals surface area contributed by atoms with E-state index in [0.29, 0.717) is 11.3 Å². The number of aromatic nitrogens is 2. The Morgan fingerprint density at radius 3 is 2.58 bits per heavy atom. The molecule has 2 aromatic heterocycles. The van der Waals surface area contributed by atoms with Crippen molar-refractivity contribution in [2.75, 3.05) is 5.32 Å². The van der Waals surface area contributed by atoms with E-state index >= 15 is 0 Å². The molecule has 0 saturated carbocycles. The monoisotopic (exact) mass is 391 g/mol. The molecule has 0 fully saturated rings. The van der Waals surface area contributed by atoms with Crippen LogP contribution in [0.2, 0.25) is 0 Å². The van der Waals surface area contributed by atoms with Crippen LogP contribution in [0.4, 0.5) is 9.52 Å². The minimum Gasteiger partial charge on any atom is -0.296 e. The Labute approximate surface area is 153 Å². The summed E-state index contributed by atoms with van der Waals surface area (Å²) in [5.74, 6) is -1.18. The van der Waals surface area contributed by atoms with Crippen LogP contribution in [0, 0.1) is 12.7 Å². The lowest BCUT2D eigenvalue weighted by Gasteiger charge is -2.03. The van der Waals surface area contributed by atoms with Crippen molar-refractivity contribution in [2.24, 2.45) is 0 Å². The molecule has 0 unspecified atom stereocenters. The highest BCUT2D eigenvalue weighted by atomic mass is 32.2. The fourth-order valence-corrected chi connectivity index (χ4v) is 5.12. The standard InChI is InChI=1S/C17H14FN3O3S2/c1-11-16(26(23,24)10-12-5-7-13(18)8-6-12)25-17(20-11)21-15(22)14-4-2-3-9-19-14/h2-9H,10H2,1H3,(H,20,21,22). The van der Waals surface area contributed by atoms with E-state index in [9.17, 15) is 17.6 Å². The molecule has 0 spiro atoms. The molecule has 1 N–H and O–H groups in total. The molecule has 1 amide bonds. The second-order valence-corrected chi connectivity index (χ2v) is 8.63. The fraction of sp³-hybridized carbons (Fsp3) is 0.118. The molecule has 26 heavy (non-hydrogen) atoms. The number of aryl methyl sites for hydroxylation is 1. The largest absolute Gasteiger partial charge is 0.296 e. The summed E-state index contributed by atoms with van der Waals surface area (Å²) in [5.41, 5.74) is 0.975. The number of pyridine rings is 1. The van der Waals surface area contributed by atoms with Crippen LogP contribution in [-0.2, 0) is 15.6 Å². The van der Waals surface area contributed by atoms with Crippen LogP contribution in [0.25, 0.3) is 0 Å². The number of amides is 1. The molecule has 0 bridgehead atoms. The molecule has 0 radical (unpaired) electrons. The number of hydrogen-bond donors (Lipinski definition) is 1. The molecular weight excluding hydrogens is 377 g/mol. The normalized spacial score (nSPS) is 11.3. The topological polar surface area (TPSA) is 89.0 Å². The minimum atomic E-state index is -3.67. The van der Waals surface area contributed by atoms with Gasteiger partial charge < -0.3 is 0 Å². The third-order valence-corrected chi connectivity index (χ3v) is 6.88. The van der Waals surface area contributed by atoms with Crippen molar-refractivity contribution in [1.29, 1.82) is 0 Å². The van der Waals surface area contributed by atoms with E-state index in [1.54, 1.807) is 25.1 Å². The summed E-state index contributed by atoms with van der Waals surface area (Å²) in [4.78, 5) is 20.2. The van der Waals surface area contributed by atoms with Crippen molar-refractivity contribution < 1.29 is 17.6 Å². The van der Waals surface area contributed by atoms with E-state index in [0.717, 1.165) is 11.3 Å². The second kappa shape index (κ2) is 7.30. The van der Waals surface area contributed by atoms with Crippen LogP contribution in [0.1, 0.15) is 21.7 Å². The number of rotatable bonds is 5. The maximum absolute atomic E-state index is 13.0. The highest BCUT2D eigenvalue weighted by Gasteiger charge is 2.23. The fourth-order valence-electron chi connectivity index (χ4n) is 2.25. The van der Waals surface area contributed by atoms with Gasteiger partial charge in [0.25, 0.3) is 5.91 Å². The number of carbonyl (C=O) groups is 1. The maximum Gasteiger partial charge on any atom is 0.276 e. The zero-order chi connectivity index (χ0) is 18.7. The van der Waals surface area contributed by atoms with Crippen LogP contribution in [0.15, 0.2) is 52.9 Å². The number of anilines is 1. The summed E-state index contributed by atoms with van der Waals surface area (Å²) in [6.45, 7) is 1.56. The first-order valence-corrected chi connectivity index (χ1v) is 9.99. The quantitative estimate of drug-likeness (QED) is 0.721. The lowest BCUT2D eigenvalue weighted by atomic mass is 10.2. The molecule has 0 aliphatic rings. The first-order valence-electron chi connectivity index (χ1n) is 7.52. The van der Waals surface area contributed by atoms with Crippen LogP contribution in [0.3, 0.4) is 0 Å². The zero-order valence-electron chi connectivity index (χ0n) is 13.6.